The van der Waals surface area contributed by atoms with Crippen LogP contribution < -0.4 is 5.73 Å². The zero-order valence-corrected chi connectivity index (χ0v) is 15.7. The average Bonchev–Trinajstić information content (AvgIpc) is 3.03. The van der Waals surface area contributed by atoms with E-state index in [-0.39, 0.29) is 6.04 Å². The molecule has 0 aromatic heterocycles. The van der Waals surface area contributed by atoms with E-state index in [0.29, 0.717) is 17.7 Å². The second kappa shape index (κ2) is 8.26. The molecule has 0 radical (unpaired) electrons. The number of fused-ring (bicyclic) bond motifs is 1. The highest BCUT2D eigenvalue weighted by atomic mass is 19.4. The van der Waals surface area contributed by atoms with Crippen LogP contribution in [-0.2, 0) is 17.4 Å². The lowest BCUT2D eigenvalue weighted by Gasteiger charge is -2.20. The summed E-state index contributed by atoms with van der Waals surface area (Å²) in [7, 11) is 0. The maximum atomic E-state index is 13.5. The van der Waals surface area contributed by atoms with Crippen LogP contribution in [0.1, 0.15) is 52.6 Å². The third-order valence-electron chi connectivity index (χ3n) is 5.17. The Labute approximate surface area is 169 Å². The van der Waals surface area contributed by atoms with Crippen LogP contribution in [0.3, 0.4) is 0 Å². The first-order chi connectivity index (χ1) is 13.9. The van der Waals surface area contributed by atoms with Crippen molar-refractivity contribution in [3.8, 4) is 0 Å². The Kier molecular flexibility index (Phi) is 6.08. The standard InChI is InChI=1S/C22H19F6NO/c23-21(24,25)16-3-1-2-15(11-16)19(22(26,27)28)12-17(30)7-4-13-5-8-18-14(10-13)6-9-20(18)29/h1-5,7-8,10-11,19-20H,6,9,12,29H2/b7-4+. The Balaban J connectivity index is 1.78. The maximum absolute atomic E-state index is 13.5. The highest BCUT2D eigenvalue weighted by Crippen LogP contribution is 2.40. The monoisotopic (exact) mass is 427 g/mol. The van der Waals surface area contributed by atoms with Crippen LogP contribution in [0.15, 0.2) is 48.5 Å². The van der Waals surface area contributed by atoms with Crippen molar-refractivity contribution in [3.63, 3.8) is 0 Å². The Bertz CT molecular complexity index is 961. The minimum Gasteiger partial charge on any atom is -0.324 e. The van der Waals surface area contributed by atoms with Crippen LogP contribution in [0.2, 0.25) is 0 Å². The largest absolute Gasteiger partial charge is 0.416 e. The summed E-state index contributed by atoms with van der Waals surface area (Å²) < 4.78 is 79.0. The predicted molar refractivity (Wildman–Crippen MR) is 101 cm³/mol. The third kappa shape index (κ3) is 5.11. The normalized spacial score (nSPS) is 17.9. The molecule has 160 valence electrons. The first-order valence-electron chi connectivity index (χ1n) is 9.28. The average molecular weight is 427 g/mol. The molecule has 0 saturated heterocycles. The number of allylic oxidation sites excluding steroid dienone is 1. The van der Waals surface area contributed by atoms with Crippen LogP contribution >= 0.6 is 0 Å². The summed E-state index contributed by atoms with van der Waals surface area (Å²) in [4.78, 5) is 12.2. The lowest BCUT2D eigenvalue weighted by Crippen LogP contribution is -2.23. The minimum atomic E-state index is -4.86. The predicted octanol–water partition coefficient (Wildman–Crippen LogP) is 5.97. The number of benzene rings is 2. The van der Waals surface area contributed by atoms with Crippen LogP contribution in [0.25, 0.3) is 6.08 Å². The van der Waals surface area contributed by atoms with E-state index >= 15 is 0 Å². The van der Waals surface area contributed by atoms with Crippen molar-refractivity contribution in [2.75, 3.05) is 0 Å². The molecule has 2 aromatic carbocycles. The summed E-state index contributed by atoms with van der Waals surface area (Å²) in [6.45, 7) is 0. The number of hydrogen-bond donors (Lipinski definition) is 1. The molecular weight excluding hydrogens is 408 g/mol. The molecule has 0 saturated carbocycles. The molecule has 0 heterocycles. The van der Waals surface area contributed by atoms with E-state index in [1.807, 2.05) is 12.1 Å². The summed E-state index contributed by atoms with van der Waals surface area (Å²) in [5, 5.41) is 0. The molecule has 2 atom stereocenters. The molecule has 8 heteroatoms. The molecule has 0 bridgehead atoms. The van der Waals surface area contributed by atoms with E-state index in [9.17, 15) is 31.1 Å². The molecule has 0 fully saturated rings. The highest BCUT2D eigenvalue weighted by Gasteiger charge is 2.42. The number of carbonyl (C=O) groups excluding carboxylic acids is 1. The molecule has 2 aromatic rings. The van der Waals surface area contributed by atoms with Crippen LogP contribution in [0.4, 0.5) is 26.3 Å². The van der Waals surface area contributed by atoms with Crippen LogP contribution in [0.5, 0.6) is 0 Å². The van der Waals surface area contributed by atoms with Gasteiger partial charge in [-0.25, -0.2) is 0 Å². The van der Waals surface area contributed by atoms with E-state index in [2.05, 4.69) is 0 Å². The second-order valence-corrected chi connectivity index (χ2v) is 7.32. The summed E-state index contributed by atoms with van der Waals surface area (Å²) >= 11 is 0. The minimum absolute atomic E-state index is 0.0420. The van der Waals surface area contributed by atoms with Gasteiger partial charge in [0.15, 0.2) is 5.78 Å². The lowest BCUT2D eigenvalue weighted by atomic mass is 9.91. The first kappa shape index (κ1) is 22.1. The number of nitrogens with two attached hydrogens (primary N) is 1. The molecule has 0 aliphatic heterocycles. The van der Waals surface area contributed by atoms with Crippen molar-refractivity contribution in [3.05, 3.63) is 76.4 Å². The molecule has 1 aliphatic carbocycles. The fourth-order valence-corrected chi connectivity index (χ4v) is 3.59. The van der Waals surface area contributed by atoms with E-state index < -0.39 is 41.6 Å². The number of aryl methyl sites for hydroxylation is 1. The van der Waals surface area contributed by atoms with Gasteiger partial charge in [-0.3, -0.25) is 4.79 Å². The van der Waals surface area contributed by atoms with Crippen molar-refractivity contribution in [1.29, 1.82) is 0 Å². The van der Waals surface area contributed by atoms with Gasteiger partial charge in [0.1, 0.15) is 0 Å². The van der Waals surface area contributed by atoms with Gasteiger partial charge in [0.05, 0.1) is 11.5 Å². The molecule has 2 N–H and O–H groups in total. The number of ketones is 1. The van der Waals surface area contributed by atoms with Crippen molar-refractivity contribution < 1.29 is 31.1 Å². The van der Waals surface area contributed by atoms with Gasteiger partial charge >= 0.3 is 12.4 Å². The van der Waals surface area contributed by atoms with Crippen molar-refractivity contribution in [1.82, 2.24) is 0 Å². The molecule has 1 aliphatic rings. The Morgan fingerprint density at radius 1 is 1.10 bits per heavy atom. The first-order valence-corrected chi connectivity index (χ1v) is 9.28. The van der Waals surface area contributed by atoms with E-state index in [1.54, 1.807) is 6.07 Å². The number of alkyl halides is 6. The fourth-order valence-electron chi connectivity index (χ4n) is 3.59. The van der Waals surface area contributed by atoms with Gasteiger partial charge < -0.3 is 5.73 Å². The summed E-state index contributed by atoms with van der Waals surface area (Å²) in [5.74, 6) is -3.15. The van der Waals surface area contributed by atoms with Gasteiger partial charge in [0.2, 0.25) is 0 Å². The molecule has 3 rings (SSSR count). The molecule has 2 nitrogen and oxygen atoms in total. The molecule has 0 spiro atoms. The number of carbonyl (C=O) groups is 1. The van der Waals surface area contributed by atoms with Crippen LogP contribution in [0, 0.1) is 0 Å². The van der Waals surface area contributed by atoms with E-state index in [4.69, 9.17) is 5.73 Å². The van der Waals surface area contributed by atoms with Gasteiger partial charge in [-0.2, -0.15) is 26.3 Å². The van der Waals surface area contributed by atoms with Gasteiger partial charge in [-0.05, 0) is 47.2 Å². The molecule has 30 heavy (non-hydrogen) atoms. The number of hydrogen-bond acceptors (Lipinski definition) is 2. The molecule has 2 unspecified atom stereocenters. The van der Waals surface area contributed by atoms with Crippen molar-refractivity contribution >= 4 is 11.9 Å². The van der Waals surface area contributed by atoms with Gasteiger partial charge in [-0.15, -0.1) is 0 Å². The Morgan fingerprint density at radius 3 is 2.50 bits per heavy atom. The fraction of sp³-hybridized carbons (Fsp3) is 0.318. The lowest BCUT2D eigenvalue weighted by molar-refractivity contribution is -0.156. The third-order valence-corrected chi connectivity index (χ3v) is 5.17. The van der Waals surface area contributed by atoms with E-state index in [1.165, 1.54) is 6.08 Å². The Hall–Kier alpha value is -2.61. The smallest absolute Gasteiger partial charge is 0.324 e. The quantitative estimate of drug-likeness (QED) is 0.472. The van der Waals surface area contributed by atoms with Gasteiger partial charge in [-0.1, -0.05) is 42.5 Å². The zero-order chi connectivity index (χ0) is 22.1. The summed E-state index contributed by atoms with van der Waals surface area (Å²) in [6, 6.07) is 8.34. The van der Waals surface area contributed by atoms with Crippen molar-refractivity contribution in [2.45, 2.75) is 43.6 Å². The Morgan fingerprint density at radius 2 is 1.83 bits per heavy atom. The molecular formula is C22H19F6NO. The zero-order valence-electron chi connectivity index (χ0n) is 15.7. The topological polar surface area (TPSA) is 43.1 Å². The van der Waals surface area contributed by atoms with Gasteiger partial charge in [0, 0.05) is 12.5 Å². The van der Waals surface area contributed by atoms with E-state index in [0.717, 1.165) is 42.2 Å². The van der Waals surface area contributed by atoms with Crippen molar-refractivity contribution in [2.24, 2.45) is 5.73 Å². The van der Waals surface area contributed by atoms with Crippen LogP contribution in [-0.4, -0.2) is 12.0 Å². The highest BCUT2D eigenvalue weighted by molar-refractivity contribution is 5.94. The molecule has 0 amide bonds. The second-order valence-electron chi connectivity index (χ2n) is 7.32. The SMILES string of the molecule is NC1CCc2cc(/C=C/C(=O)CC(c3cccc(C(F)(F)F)c3)C(F)(F)F)ccc21. The summed E-state index contributed by atoms with van der Waals surface area (Å²) in [5.41, 5.74) is 6.88. The maximum Gasteiger partial charge on any atom is 0.416 e. The number of rotatable bonds is 5. The summed E-state index contributed by atoms with van der Waals surface area (Å²) in [6.07, 6.45) is -6.57. The number of halogens is 6. The van der Waals surface area contributed by atoms with Gasteiger partial charge in [0.25, 0.3) is 0 Å².